The highest BCUT2D eigenvalue weighted by Gasteiger charge is 2.37. The van der Waals surface area contributed by atoms with Gasteiger partial charge in [0.05, 0.1) is 25.5 Å². The van der Waals surface area contributed by atoms with Gasteiger partial charge in [0.25, 0.3) is 0 Å². The summed E-state index contributed by atoms with van der Waals surface area (Å²) < 4.78 is 8.77. The molecule has 1 N–H and O–H groups in total. The summed E-state index contributed by atoms with van der Waals surface area (Å²) in [4.78, 5) is 2.26. The summed E-state index contributed by atoms with van der Waals surface area (Å²) in [5.74, 6) is 0. The molecule has 1 unspecified atom stereocenters. The van der Waals surface area contributed by atoms with Crippen LogP contribution >= 0.6 is 0 Å². The predicted octanol–water partition coefficient (Wildman–Crippen LogP) is 1.19. The number of rotatable bonds is 7. The quantitative estimate of drug-likeness (QED) is 0.809. The Morgan fingerprint density at radius 3 is 2.92 bits per heavy atom. The Morgan fingerprint density at radius 2 is 2.20 bits per heavy atom. The van der Waals surface area contributed by atoms with Crippen LogP contribution < -0.4 is 0 Å². The largest absolute Gasteiger partial charge is 0.383 e. The molecule has 0 radical (unpaired) electrons. The number of hydrogen-bond donors (Lipinski definition) is 1. The number of piperidine rings is 1. The second-order valence-corrected chi connectivity index (χ2v) is 7.13. The lowest BCUT2D eigenvalue weighted by Gasteiger charge is -2.37. The third-order valence-corrected chi connectivity index (χ3v) is 4.68. The van der Waals surface area contributed by atoms with Crippen molar-refractivity contribution in [3.63, 3.8) is 0 Å². The molecule has 0 amide bonds. The number of hydrogen-bond acceptors (Lipinski definition) is 6. The first-order valence-corrected chi connectivity index (χ1v) is 8.87. The van der Waals surface area contributed by atoms with Gasteiger partial charge in [-0.15, -0.1) is 5.10 Å². The van der Waals surface area contributed by atoms with Crippen LogP contribution in [0.1, 0.15) is 44.0 Å². The number of aromatic nitrogens is 5. The lowest BCUT2D eigenvalue weighted by molar-refractivity contribution is -0.0414. The number of likely N-dealkylation sites (tertiary alicyclic amines) is 1. The van der Waals surface area contributed by atoms with E-state index in [-0.39, 0.29) is 6.04 Å². The first-order valence-electron chi connectivity index (χ1n) is 8.87. The Morgan fingerprint density at radius 1 is 1.36 bits per heavy atom. The number of ether oxygens (including phenoxy) is 1. The van der Waals surface area contributed by atoms with Crippen molar-refractivity contribution in [3.8, 4) is 0 Å². The van der Waals surface area contributed by atoms with Crippen LogP contribution in [0, 0.1) is 0 Å². The normalized spacial score (nSPS) is 22.0. The van der Waals surface area contributed by atoms with Gasteiger partial charge >= 0.3 is 0 Å². The third-order valence-electron chi connectivity index (χ3n) is 4.68. The zero-order valence-corrected chi connectivity index (χ0v) is 15.3. The third kappa shape index (κ3) is 4.26. The van der Waals surface area contributed by atoms with Gasteiger partial charge in [0.15, 0.2) is 0 Å². The Hall–Kier alpha value is -1.77. The summed E-state index contributed by atoms with van der Waals surface area (Å²) in [5, 5.41) is 23.8. The van der Waals surface area contributed by atoms with Crippen molar-refractivity contribution in [2.75, 3.05) is 26.8 Å². The second-order valence-electron chi connectivity index (χ2n) is 7.13. The van der Waals surface area contributed by atoms with E-state index in [9.17, 15) is 5.11 Å². The van der Waals surface area contributed by atoms with Crippen molar-refractivity contribution in [2.24, 2.45) is 0 Å². The monoisotopic (exact) mass is 348 g/mol. The fourth-order valence-corrected chi connectivity index (χ4v) is 3.26. The van der Waals surface area contributed by atoms with Crippen LogP contribution in [-0.2, 0) is 23.4 Å². The summed E-state index contributed by atoms with van der Waals surface area (Å²) in [6, 6.07) is 0.238. The van der Waals surface area contributed by atoms with Gasteiger partial charge in [0.2, 0.25) is 0 Å². The Kier molecular flexibility index (Phi) is 5.51. The predicted molar refractivity (Wildman–Crippen MR) is 92.9 cm³/mol. The van der Waals surface area contributed by atoms with Crippen LogP contribution in [0.3, 0.4) is 0 Å². The minimum Gasteiger partial charge on any atom is -0.383 e. The first kappa shape index (κ1) is 18.0. The Bertz CT molecular complexity index is 682. The van der Waals surface area contributed by atoms with Gasteiger partial charge in [0, 0.05) is 38.0 Å². The molecule has 8 heteroatoms. The molecule has 8 nitrogen and oxygen atoms in total. The maximum absolute atomic E-state index is 11.1. The average molecular weight is 348 g/mol. The van der Waals surface area contributed by atoms with Crippen molar-refractivity contribution in [3.05, 3.63) is 29.8 Å². The smallest absolute Gasteiger partial charge is 0.123 e. The number of β-amino-alcohol motifs (C(OH)–C–C–N with tert-alkyl or cyclic N) is 1. The number of aliphatic hydroxyl groups is 1. The van der Waals surface area contributed by atoms with E-state index in [1.165, 1.54) is 0 Å². The zero-order valence-electron chi connectivity index (χ0n) is 15.3. The SMILES string of the molecule is COCCn1cc(CN2CCCC(O)(c3cn(C(C)C)nn3)C2)cn1. The molecule has 3 heterocycles. The van der Waals surface area contributed by atoms with Gasteiger partial charge < -0.3 is 9.84 Å². The lowest BCUT2D eigenvalue weighted by atomic mass is 9.90. The van der Waals surface area contributed by atoms with Crippen molar-refractivity contribution >= 4 is 0 Å². The molecule has 1 fully saturated rings. The van der Waals surface area contributed by atoms with E-state index in [1.54, 1.807) is 11.8 Å². The maximum atomic E-state index is 11.1. The average Bonchev–Trinajstić information content (AvgIpc) is 3.23. The minimum atomic E-state index is -0.933. The summed E-state index contributed by atoms with van der Waals surface area (Å²) in [6.45, 7) is 7.80. The molecule has 0 aromatic carbocycles. The summed E-state index contributed by atoms with van der Waals surface area (Å²) in [5.41, 5.74) is 0.880. The highest BCUT2D eigenvalue weighted by Crippen LogP contribution is 2.31. The molecule has 0 bridgehead atoms. The molecular weight excluding hydrogens is 320 g/mol. The van der Waals surface area contributed by atoms with Gasteiger partial charge in [0.1, 0.15) is 11.3 Å². The minimum absolute atomic E-state index is 0.238. The molecule has 1 atom stereocenters. The van der Waals surface area contributed by atoms with Gasteiger partial charge in [-0.2, -0.15) is 5.10 Å². The van der Waals surface area contributed by atoms with Crippen molar-refractivity contribution in [2.45, 2.75) is 51.4 Å². The van der Waals surface area contributed by atoms with Crippen molar-refractivity contribution in [1.82, 2.24) is 29.7 Å². The number of nitrogens with zero attached hydrogens (tertiary/aromatic N) is 6. The van der Waals surface area contributed by atoms with Gasteiger partial charge in [-0.05, 0) is 33.2 Å². The lowest BCUT2D eigenvalue weighted by Crippen LogP contribution is -2.45. The van der Waals surface area contributed by atoms with Crippen LogP contribution in [-0.4, -0.2) is 61.6 Å². The molecular formula is C17H28N6O2. The molecule has 25 heavy (non-hydrogen) atoms. The van der Waals surface area contributed by atoms with Crippen LogP contribution in [0.25, 0.3) is 0 Å². The van der Waals surface area contributed by atoms with E-state index >= 15 is 0 Å². The fourth-order valence-electron chi connectivity index (χ4n) is 3.26. The van der Waals surface area contributed by atoms with Gasteiger partial charge in [-0.3, -0.25) is 9.58 Å². The molecule has 0 saturated carbocycles. The maximum Gasteiger partial charge on any atom is 0.123 e. The summed E-state index contributed by atoms with van der Waals surface area (Å²) >= 11 is 0. The van der Waals surface area contributed by atoms with E-state index in [0.717, 1.165) is 31.6 Å². The van der Waals surface area contributed by atoms with Gasteiger partial charge in [-0.25, -0.2) is 4.68 Å². The van der Waals surface area contributed by atoms with E-state index in [0.29, 0.717) is 25.3 Å². The molecule has 0 spiro atoms. The van der Waals surface area contributed by atoms with Crippen LogP contribution in [0.4, 0.5) is 0 Å². The standard InChI is InChI=1S/C17H28N6O2/c1-14(2)23-12-16(19-20-23)17(24)5-4-6-21(13-17)10-15-9-18-22(11-15)7-8-25-3/h9,11-12,14,24H,4-8,10,13H2,1-3H3. The van der Waals surface area contributed by atoms with Crippen LogP contribution in [0.5, 0.6) is 0 Å². The van der Waals surface area contributed by atoms with E-state index in [2.05, 4.69) is 34.2 Å². The Balaban J connectivity index is 1.64. The second kappa shape index (κ2) is 7.63. The van der Waals surface area contributed by atoms with Crippen molar-refractivity contribution < 1.29 is 9.84 Å². The molecule has 2 aromatic rings. The molecule has 138 valence electrons. The van der Waals surface area contributed by atoms with Gasteiger partial charge in [-0.1, -0.05) is 5.21 Å². The first-order chi connectivity index (χ1) is 12.0. The number of methoxy groups -OCH3 is 1. The van der Waals surface area contributed by atoms with E-state index in [4.69, 9.17) is 4.74 Å². The molecule has 1 aliphatic rings. The van der Waals surface area contributed by atoms with Crippen LogP contribution in [0.2, 0.25) is 0 Å². The molecule has 1 saturated heterocycles. The fraction of sp³-hybridized carbons (Fsp3) is 0.706. The van der Waals surface area contributed by atoms with Crippen LogP contribution in [0.15, 0.2) is 18.6 Å². The zero-order chi connectivity index (χ0) is 17.9. The molecule has 1 aliphatic heterocycles. The highest BCUT2D eigenvalue weighted by molar-refractivity contribution is 5.11. The Labute approximate surface area is 148 Å². The highest BCUT2D eigenvalue weighted by atomic mass is 16.5. The summed E-state index contributed by atoms with van der Waals surface area (Å²) in [7, 11) is 1.69. The summed E-state index contributed by atoms with van der Waals surface area (Å²) in [6.07, 6.45) is 7.45. The molecule has 2 aromatic heterocycles. The van der Waals surface area contributed by atoms with E-state index < -0.39 is 5.60 Å². The topological polar surface area (TPSA) is 81.2 Å². The molecule has 3 rings (SSSR count). The molecule has 0 aliphatic carbocycles. The van der Waals surface area contributed by atoms with E-state index in [1.807, 2.05) is 23.3 Å². The van der Waals surface area contributed by atoms with Crippen molar-refractivity contribution in [1.29, 1.82) is 0 Å².